The highest BCUT2D eigenvalue weighted by Gasteiger charge is 2.66. The van der Waals surface area contributed by atoms with Crippen molar-refractivity contribution in [2.45, 2.75) is 82.8 Å². The number of aromatic nitrogens is 4. The maximum Gasteiger partial charge on any atom is 0.411 e. The number of aliphatic carboxylic acids is 1. The average Bonchev–Trinajstić information content (AvgIpc) is 3.73. The molecule has 1 aliphatic carbocycles. The summed E-state index contributed by atoms with van der Waals surface area (Å²) >= 11 is 0. The van der Waals surface area contributed by atoms with Gasteiger partial charge in [0.1, 0.15) is 11.6 Å². The van der Waals surface area contributed by atoms with Gasteiger partial charge in [0.25, 0.3) is 0 Å². The van der Waals surface area contributed by atoms with Crippen molar-refractivity contribution < 1.29 is 51.3 Å². The SMILES string of the molecule is CN(C)CCCOc1ccc(-c2cccc(C[C@H](NC(=O)[C@H]3CC[C@H](CNC(=O)OC(C)(C)C)CC3)C(=O)Nc3ccc(-c4nc(C(F)(F)C(F)(F)C(=O)O)n[nH]4)cc3)c2)cn1.Cl. The number of anilines is 1. The topological polar surface area (TPSA) is 201 Å². The minimum Gasteiger partial charge on any atom is -0.478 e. The molecule has 4 aromatic rings. The number of nitrogens with one attached hydrogen (secondary N) is 4. The third kappa shape index (κ3) is 13.8. The number of aromatic amines is 1. The Kier molecular flexibility index (Phi) is 17.0. The van der Waals surface area contributed by atoms with Gasteiger partial charge in [0.15, 0.2) is 5.82 Å². The van der Waals surface area contributed by atoms with E-state index < -0.39 is 47.3 Å². The van der Waals surface area contributed by atoms with Gasteiger partial charge in [0, 0.05) is 54.5 Å². The molecule has 1 saturated carbocycles. The Labute approximate surface area is 368 Å². The molecule has 1 atom stereocenters. The predicted molar refractivity (Wildman–Crippen MR) is 228 cm³/mol. The second-order valence-electron chi connectivity index (χ2n) is 16.5. The molecule has 1 fully saturated rings. The number of rotatable bonds is 18. The molecule has 342 valence electrons. The number of alkyl halides is 4. The number of alkyl carbamates (subject to hydrolysis) is 1. The van der Waals surface area contributed by atoms with E-state index in [1.807, 2.05) is 44.4 Å². The summed E-state index contributed by atoms with van der Waals surface area (Å²) < 4.78 is 67.1. The number of carboxylic acid groups (broad SMARTS) is 1. The predicted octanol–water partition coefficient (Wildman–Crippen LogP) is 7.09. The third-order valence-corrected chi connectivity index (χ3v) is 10.1. The summed E-state index contributed by atoms with van der Waals surface area (Å²) in [4.78, 5) is 60.6. The van der Waals surface area contributed by atoms with E-state index in [1.54, 1.807) is 33.0 Å². The summed E-state index contributed by atoms with van der Waals surface area (Å²) in [7, 11) is 3.98. The van der Waals surface area contributed by atoms with Crippen molar-refractivity contribution in [3.05, 3.63) is 78.2 Å². The normalized spacial score (nSPS) is 16.0. The lowest BCUT2D eigenvalue weighted by Gasteiger charge is -2.29. The molecule has 2 aromatic heterocycles. The van der Waals surface area contributed by atoms with Gasteiger partial charge in [0.2, 0.25) is 23.5 Å². The second kappa shape index (κ2) is 21.5. The van der Waals surface area contributed by atoms with Gasteiger partial charge >= 0.3 is 23.9 Å². The Hall–Kier alpha value is -5.82. The van der Waals surface area contributed by atoms with E-state index in [9.17, 15) is 36.7 Å². The number of hydrogen-bond acceptors (Lipinski definition) is 10. The molecule has 3 amide bonds. The van der Waals surface area contributed by atoms with Crippen LogP contribution in [0.15, 0.2) is 66.9 Å². The van der Waals surface area contributed by atoms with E-state index >= 15 is 0 Å². The van der Waals surface area contributed by atoms with Crippen molar-refractivity contribution in [1.29, 1.82) is 0 Å². The van der Waals surface area contributed by atoms with Gasteiger partial charge in [-0.1, -0.05) is 24.3 Å². The molecule has 1 aliphatic rings. The number of nitrogens with zero attached hydrogens (tertiary/aromatic N) is 4. The van der Waals surface area contributed by atoms with E-state index in [4.69, 9.17) is 14.6 Å². The number of carbonyl (C=O) groups excluding carboxylic acids is 3. The van der Waals surface area contributed by atoms with Crippen molar-refractivity contribution in [2.24, 2.45) is 11.8 Å². The Balaban J connectivity index is 0.00000871. The number of carbonyl (C=O) groups is 4. The standard InChI is InChI=1S/C43H52F4N8O7.ClH/c1-41(2,3)62-40(60)49-24-26-10-12-29(13-11-26)36(56)51-33(23-27-8-6-9-30(22-27)31-16-19-34(48-25-31)61-21-7-20-55(4)5)37(57)50-32-17-14-28(15-18-32)35-52-38(54-53-35)42(44,45)43(46,47)39(58)59;/h6,8-9,14-19,22,25-26,29,33H,7,10-13,20-21,23-24H2,1-5H3,(H,49,60)(H,50,57)(H,51,56)(H,58,59)(H,52,53,54);1H/t26-,29-,33-;/m0./s1. The van der Waals surface area contributed by atoms with Crippen LogP contribution in [0.4, 0.5) is 28.0 Å². The summed E-state index contributed by atoms with van der Waals surface area (Å²) in [5.74, 6) is -16.3. The van der Waals surface area contributed by atoms with Crippen LogP contribution in [0.25, 0.3) is 22.5 Å². The second-order valence-corrected chi connectivity index (χ2v) is 16.5. The molecule has 0 saturated heterocycles. The third-order valence-electron chi connectivity index (χ3n) is 10.1. The summed E-state index contributed by atoms with van der Waals surface area (Å²) in [5.41, 5.74) is 2.13. The van der Waals surface area contributed by atoms with Crippen LogP contribution in [0.2, 0.25) is 0 Å². The zero-order valence-corrected chi connectivity index (χ0v) is 36.4. The van der Waals surface area contributed by atoms with Crippen molar-refractivity contribution in [3.8, 4) is 28.4 Å². The van der Waals surface area contributed by atoms with E-state index in [1.165, 1.54) is 24.3 Å². The first-order valence-electron chi connectivity index (χ1n) is 20.1. The summed E-state index contributed by atoms with van der Waals surface area (Å²) in [5, 5.41) is 22.4. The number of ether oxygens (including phenoxy) is 2. The first-order chi connectivity index (χ1) is 29.2. The molecule has 5 N–H and O–H groups in total. The Morgan fingerprint density at radius 1 is 0.937 bits per heavy atom. The van der Waals surface area contributed by atoms with Crippen LogP contribution >= 0.6 is 12.4 Å². The van der Waals surface area contributed by atoms with Gasteiger partial charge in [-0.3, -0.25) is 14.7 Å². The molecule has 2 aromatic carbocycles. The smallest absolute Gasteiger partial charge is 0.411 e. The van der Waals surface area contributed by atoms with Gasteiger partial charge in [0.05, 0.1) is 6.61 Å². The molecule has 0 bridgehead atoms. The van der Waals surface area contributed by atoms with Gasteiger partial charge < -0.3 is 35.4 Å². The van der Waals surface area contributed by atoms with Crippen LogP contribution in [0.1, 0.15) is 64.3 Å². The van der Waals surface area contributed by atoms with Crippen LogP contribution in [0.5, 0.6) is 5.88 Å². The Bertz CT molecular complexity index is 2160. The van der Waals surface area contributed by atoms with E-state index in [0.29, 0.717) is 44.7 Å². The fourth-order valence-electron chi connectivity index (χ4n) is 6.72. The quantitative estimate of drug-likeness (QED) is 0.0504. The van der Waals surface area contributed by atoms with Gasteiger partial charge in [-0.25, -0.2) is 19.6 Å². The average molecular weight is 905 g/mol. The molecule has 20 heteroatoms. The van der Waals surface area contributed by atoms with Crippen molar-refractivity contribution >= 4 is 42.0 Å². The molecule has 15 nitrogen and oxygen atoms in total. The minimum atomic E-state index is -5.46. The first-order valence-corrected chi connectivity index (χ1v) is 20.1. The van der Waals surface area contributed by atoms with Crippen molar-refractivity contribution in [1.82, 2.24) is 35.7 Å². The van der Waals surface area contributed by atoms with Gasteiger partial charge in [-0.15, -0.1) is 12.4 Å². The van der Waals surface area contributed by atoms with Gasteiger partial charge in [-0.05, 0) is 114 Å². The highest BCUT2D eigenvalue weighted by Crippen LogP contribution is 2.42. The first kappa shape index (κ1) is 49.8. The Morgan fingerprint density at radius 3 is 2.24 bits per heavy atom. The van der Waals surface area contributed by atoms with Gasteiger partial charge in [-0.2, -0.15) is 22.7 Å². The van der Waals surface area contributed by atoms with E-state index in [2.05, 4.69) is 41.0 Å². The Morgan fingerprint density at radius 2 is 1.62 bits per heavy atom. The number of amides is 3. The van der Waals surface area contributed by atoms with E-state index in [-0.39, 0.29) is 53.6 Å². The minimum absolute atomic E-state index is 0. The summed E-state index contributed by atoms with van der Waals surface area (Å²) in [6.07, 6.45) is 4.60. The fraction of sp³-hybridized carbons (Fsp3) is 0.465. The lowest BCUT2D eigenvalue weighted by atomic mass is 9.81. The monoisotopic (exact) mass is 904 g/mol. The highest BCUT2D eigenvalue weighted by molar-refractivity contribution is 5.98. The summed E-state index contributed by atoms with van der Waals surface area (Å²) in [6, 6.07) is 15.6. The zero-order chi connectivity index (χ0) is 45.2. The lowest BCUT2D eigenvalue weighted by Crippen LogP contribution is -2.48. The number of carboxylic acids is 1. The number of H-pyrrole nitrogens is 1. The number of halogens is 5. The molecule has 0 radical (unpaired) electrons. The highest BCUT2D eigenvalue weighted by atomic mass is 35.5. The maximum atomic E-state index is 14.3. The van der Waals surface area contributed by atoms with E-state index in [0.717, 1.165) is 29.7 Å². The molecule has 0 spiro atoms. The fourth-order valence-corrected chi connectivity index (χ4v) is 6.72. The number of pyridine rings is 1. The molecular formula is C43H53ClF4N8O7. The summed E-state index contributed by atoms with van der Waals surface area (Å²) in [6.45, 7) is 7.17. The number of hydrogen-bond donors (Lipinski definition) is 5. The van der Waals surface area contributed by atoms with Crippen molar-refractivity contribution in [2.75, 3.05) is 39.1 Å². The largest absolute Gasteiger partial charge is 0.478 e. The molecule has 0 unspecified atom stereocenters. The zero-order valence-electron chi connectivity index (χ0n) is 35.6. The molecule has 5 rings (SSSR count). The van der Waals surface area contributed by atoms with Crippen LogP contribution in [0.3, 0.4) is 0 Å². The van der Waals surface area contributed by atoms with Crippen LogP contribution in [0, 0.1) is 11.8 Å². The van der Waals surface area contributed by atoms with Crippen LogP contribution < -0.4 is 20.7 Å². The lowest BCUT2D eigenvalue weighted by molar-refractivity contribution is -0.231. The molecule has 2 heterocycles. The van der Waals surface area contributed by atoms with Crippen LogP contribution in [-0.4, -0.2) is 105 Å². The number of benzene rings is 2. The maximum absolute atomic E-state index is 14.3. The van der Waals surface area contributed by atoms with Crippen LogP contribution in [-0.2, 0) is 31.5 Å². The molecular weight excluding hydrogens is 852 g/mol. The molecule has 63 heavy (non-hydrogen) atoms. The van der Waals surface area contributed by atoms with Crippen molar-refractivity contribution in [3.63, 3.8) is 0 Å². The molecule has 0 aliphatic heterocycles.